The SMILES string of the molecule is O=C(O)c1ccc(O)c(O)c1.O=P(O)(O)OP(=O)(O)O. The van der Waals surface area contributed by atoms with Gasteiger partial charge in [0, 0.05) is 0 Å². The van der Waals surface area contributed by atoms with Crippen molar-refractivity contribution < 1.29 is 53.1 Å². The van der Waals surface area contributed by atoms with Crippen LogP contribution in [0.15, 0.2) is 18.2 Å². The Morgan fingerprint density at radius 3 is 1.65 bits per heavy atom. The molecule has 20 heavy (non-hydrogen) atoms. The van der Waals surface area contributed by atoms with Crippen LogP contribution in [-0.2, 0) is 13.4 Å². The number of aromatic hydroxyl groups is 2. The molecule has 0 unspecified atom stereocenters. The molecule has 0 atom stereocenters. The lowest BCUT2D eigenvalue weighted by Gasteiger charge is -2.03. The first kappa shape index (κ1) is 18.6. The standard InChI is InChI=1S/C7H6O4.H4O7P2/c8-5-2-1-4(7(10)11)3-6(5)9;1-8(2,3)7-9(4,5)6/h1-3,8-9H,(H,10,11);(H2,1,2,3)(H2,4,5,6). The summed E-state index contributed by atoms with van der Waals surface area (Å²) in [7, 11) is -10.1. The van der Waals surface area contributed by atoms with Gasteiger partial charge >= 0.3 is 21.6 Å². The number of carbonyl (C=O) groups is 1. The molecule has 0 radical (unpaired) electrons. The summed E-state index contributed by atoms with van der Waals surface area (Å²) in [5.41, 5.74) is -0.0553. The van der Waals surface area contributed by atoms with Gasteiger partial charge in [-0.05, 0) is 18.2 Å². The molecule has 0 aliphatic carbocycles. The molecule has 1 aromatic carbocycles. The van der Waals surface area contributed by atoms with Crippen LogP contribution in [0.1, 0.15) is 10.4 Å². The zero-order valence-electron chi connectivity index (χ0n) is 9.39. The van der Waals surface area contributed by atoms with E-state index in [0.29, 0.717) is 0 Å². The lowest BCUT2D eigenvalue weighted by molar-refractivity contribution is 0.0696. The van der Waals surface area contributed by atoms with Crippen LogP contribution in [0.25, 0.3) is 0 Å². The summed E-state index contributed by atoms with van der Waals surface area (Å²) in [5, 5.41) is 26.0. The van der Waals surface area contributed by atoms with Gasteiger partial charge in [0.2, 0.25) is 0 Å². The molecule has 0 saturated carbocycles. The van der Waals surface area contributed by atoms with Crippen molar-refractivity contribution in [3.05, 3.63) is 23.8 Å². The first-order valence-electron chi connectivity index (χ1n) is 4.39. The van der Waals surface area contributed by atoms with E-state index in [1.807, 2.05) is 0 Å². The van der Waals surface area contributed by atoms with Gasteiger partial charge in [0.1, 0.15) is 0 Å². The number of benzene rings is 1. The van der Waals surface area contributed by atoms with Crippen LogP contribution >= 0.6 is 15.6 Å². The second-order valence-corrected chi connectivity index (χ2v) is 5.69. The van der Waals surface area contributed by atoms with Crippen LogP contribution in [0.4, 0.5) is 0 Å². The van der Waals surface area contributed by atoms with Crippen molar-refractivity contribution in [2.75, 3.05) is 0 Å². The van der Waals surface area contributed by atoms with Crippen molar-refractivity contribution in [2.45, 2.75) is 0 Å². The van der Waals surface area contributed by atoms with E-state index in [4.69, 9.17) is 34.9 Å². The zero-order valence-corrected chi connectivity index (χ0v) is 11.2. The number of phosphoric acid groups is 2. The van der Waals surface area contributed by atoms with Gasteiger partial charge in [0.15, 0.2) is 11.5 Å². The molecule has 13 heteroatoms. The van der Waals surface area contributed by atoms with Crippen LogP contribution in [0.2, 0.25) is 0 Å². The van der Waals surface area contributed by atoms with Crippen LogP contribution < -0.4 is 0 Å². The topological polar surface area (TPSA) is 202 Å². The van der Waals surface area contributed by atoms with Crippen molar-refractivity contribution in [1.82, 2.24) is 0 Å². The maximum absolute atomic E-state index is 10.3. The molecule has 0 fully saturated rings. The van der Waals surface area contributed by atoms with Gasteiger partial charge in [0.05, 0.1) is 5.56 Å². The zero-order chi connectivity index (χ0) is 16.1. The van der Waals surface area contributed by atoms with Crippen molar-refractivity contribution in [3.63, 3.8) is 0 Å². The smallest absolute Gasteiger partial charge is 0.478 e. The molecule has 0 spiro atoms. The highest BCUT2D eigenvalue weighted by Gasteiger charge is 2.27. The number of aromatic carboxylic acids is 1. The second kappa shape index (κ2) is 6.82. The molecule has 0 amide bonds. The predicted octanol–water partition coefficient (Wildman–Crippen LogP) is -0.0156. The van der Waals surface area contributed by atoms with Gasteiger partial charge in [-0.15, -0.1) is 0 Å². The number of hydrogen-bond donors (Lipinski definition) is 7. The number of carboxylic acid groups (broad SMARTS) is 1. The summed E-state index contributed by atoms with van der Waals surface area (Å²) in [4.78, 5) is 41.3. The van der Waals surface area contributed by atoms with Gasteiger partial charge in [-0.2, -0.15) is 4.31 Å². The molecule has 7 N–H and O–H groups in total. The third kappa shape index (κ3) is 8.62. The minimum Gasteiger partial charge on any atom is -0.504 e. The Labute approximate surface area is 111 Å². The van der Waals surface area contributed by atoms with Crippen molar-refractivity contribution in [1.29, 1.82) is 0 Å². The van der Waals surface area contributed by atoms with Crippen molar-refractivity contribution in [2.24, 2.45) is 0 Å². The average molecular weight is 332 g/mol. The second-order valence-electron chi connectivity index (χ2n) is 3.07. The Morgan fingerprint density at radius 2 is 1.40 bits per heavy atom. The first-order chi connectivity index (χ1) is 8.82. The molecule has 0 aliphatic rings. The van der Waals surface area contributed by atoms with Gasteiger partial charge in [-0.1, -0.05) is 0 Å². The number of rotatable bonds is 3. The fourth-order valence-corrected chi connectivity index (χ4v) is 1.90. The Morgan fingerprint density at radius 1 is 0.950 bits per heavy atom. The summed E-state index contributed by atoms with van der Waals surface area (Å²) in [6, 6.07) is 3.31. The quantitative estimate of drug-likeness (QED) is 0.289. The van der Waals surface area contributed by atoms with Crippen LogP contribution in [0.3, 0.4) is 0 Å². The lowest BCUT2D eigenvalue weighted by atomic mass is 10.2. The summed E-state index contributed by atoms with van der Waals surface area (Å²) in [6.07, 6.45) is 0. The number of phenols is 2. The van der Waals surface area contributed by atoms with Gasteiger partial charge in [-0.3, -0.25) is 0 Å². The van der Waals surface area contributed by atoms with E-state index in [-0.39, 0.29) is 11.3 Å². The highest BCUT2D eigenvalue weighted by Crippen LogP contribution is 2.53. The Kier molecular flexibility index (Phi) is 6.32. The lowest BCUT2D eigenvalue weighted by Crippen LogP contribution is -1.94. The monoisotopic (exact) mass is 332 g/mol. The van der Waals surface area contributed by atoms with Crippen LogP contribution in [0, 0.1) is 0 Å². The molecular weight excluding hydrogens is 322 g/mol. The van der Waals surface area contributed by atoms with E-state index in [1.54, 1.807) is 0 Å². The molecule has 1 rings (SSSR count). The Balaban J connectivity index is 0.000000370. The van der Waals surface area contributed by atoms with E-state index < -0.39 is 27.4 Å². The molecule has 1 aromatic rings. The van der Waals surface area contributed by atoms with E-state index in [0.717, 1.165) is 12.1 Å². The number of hydrogen-bond acceptors (Lipinski definition) is 6. The highest BCUT2D eigenvalue weighted by molar-refractivity contribution is 7.60. The molecule has 0 bridgehead atoms. The molecule has 0 aromatic heterocycles. The van der Waals surface area contributed by atoms with Crippen molar-refractivity contribution >= 4 is 21.6 Å². The summed E-state index contributed by atoms with van der Waals surface area (Å²) in [5.74, 6) is -1.89. The maximum atomic E-state index is 10.3. The third-order valence-corrected chi connectivity index (χ3v) is 3.14. The minimum atomic E-state index is -5.05. The largest absolute Gasteiger partial charge is 0.504 e. The predicted molar refractivity (Wildman–Crippen MR) is 61.9 cm³/mol. The fourth-order valence-electron chi connectivity index (χ4n) is 0.795. The molecule has 11 nitrogen and oxygen atoms in total. The molecule has 0 aliphatic heterocycles. The summed E-state index contributed by atoms with van der Waals surface area (Å²) in [6.45, 7) is 0. The third-order valence-electron chi connectivity index (χ3n) is 1.44. The molecular formula is C7H10O11P2. The average Bonchev–Trinajstić information content (AvgIpc) is 2.17. The summed E-state index contributed by atoms with van der Waals surface area (Å²) < 4.78 is 22.2. The Hall–Kier alpha value is -1.45. The van der Waals surface area contributed by atoms with Crippen molar-refractivity contribution in [3.8, 4) is 11.5 Å². The van der Waals surface area contributed by atoms with Crippen LogP contribution in [-0.4, -0.2) is 40.9 Å². The first-order valence-corrected chi connectivity index (χ1v) is 7.45. The van der Waals surface area contributed by atoms with Gasteiger partial charge in [0.25, 0.3) is 0 Å². The van der Waals surface area contributed by atoms with E-state index in [9.17, 15) is 13.9 Å². The van der Waals surface area contributed by atoms with E-state index in [2.05, 4.69) is 4.31 Å². The molecule has 0 heterocycles. The molecule has 0 saturated heterocycles. The maximum Gasteiger partial charge on any atom is 0.478 e. The normalized spacial score (nSPS) is 11.4. The minimum absolute atomic E-state index is 0.0553. The van der Waals surface area contributed by atoms with Gasteiger partial charge in [-0.25, -0.2) is 13.9 Å². The van der Waals surface area contributed by atoms with E-state index in [1.165, 1.54) is 6.07 Å². The fraction of sp³-hybridized carbons (Fsp3) is 0. The summed E-state index contributed by atoms with van der Waals surface area (Å²) >= 11 is 0. The number of carboxylic acids is 1. The molecule has 114 valence electrons. The van der Waals surface area contributed by atoms with Gasteiger partial charge < -0.3 is 34.9 Å². The van der Waals surface area contributed by atoms with E-state index >= 15 is 0 Å². The highest BCUT2D eigenvalue weighted by atomic mass is 31.3. The number of phenolic OH excluding ortho intramolecular Hbond substituents is 2. The van der Waals surface area contributed by atoms with Crippen LogP contribution in [0.5, 0.6) is 11.5 Å². The Bertz CT molecular complexity index is 550.